The number of rotatable bonds is 8. The Morgan fingerprint density at radius 2 is 1.69 bits per heavy atom. The third kappa shape index (κ3) is 4.97. The number of aromatic nitrogens is 1. The highest BCUT2D eigenvalue weighted by molar-refractivity contribution is 6.30. The summed E-state index contributed by atoms with van der Waals surface area (Å²) < 4.78 is 11.5. The Kier molecular flexibility index (Phi) is 6.47. The number of pyridine rings is 1. The zero-order chi connectivity index (χ0) is 18.2. The second kappa shape index (κ2) is 9.22. The second-order valence-electron chi connectivity index (χ2n) is 5.82. The fourth-order valence-corrected chi connectivity index (χ4v) is 2.73. The first-order chi connectivity index (χ1) is 12.8. The first-order valence-corrected chi connectivity index (χ1v) is 8.77. The lowest BCUT2D eigenvalue weighted by molar-refractivity contribution is 0.280. The van der Waals surface area contributed by atoms with Gasteiger partial charge >= 0.3 is 0 Å². The molecule has 0 amide bonds. The second-order valence-corrected chi connectivity index (χ2v) is 6.26. The van der Waals surface area contributed by atoms with Crippen LogP contribution in [0.3, 0.4) is 0 Å². The van der Waals surface area contributed by atoms with E-state index in [-0.39, 0.29) is 0 Å². The van der Waals surface area contributed by atoms with E-state index in [1.807, 2.05) is 54.6 Å². The Balaban J connectivity index is 1.67. The topological polar surface area (TPSA) is 43.4 Å². The molecule has 0 atom stereocenters. The van der Waals surface area contributed by atoms with Gasteiger partial charge in [0.1, 0.15) is 6.61 Å². The van der Waals surface area contributed by atoms with E-state index in [1.165, 1.54) is 5.56 Å². The highest BCUT2D eigenvalue weighted by atomic mass is 35.5. The molecule has 3 aromatic rings. The van der Waals surface area contributed by atoms with E-state index >= 15 is 0 Å². The van der Waals surface area contributed by atoms with Crippen LogP contribution in [0.1, 0.15) is 16.7 Å². The highest BCUT2D eigenvalue weighted by Crippen LogP contribution is 2.32. The van der Waals surface area contributed by atoms with Gasteiger partial charge in [0.2, 0.25) is 0 Å². The number of nitrogens with zero attached hydrogens (tertiary/aromatic N) is 1. The third-order valence-electron chi connectivity index (χ3n) is 3.97. The van der Waals surface area contributed by atoms with Crippen molar-refractivity contribution in [2.45, 2.75) is 19.7 Å². The molecule has 2 aromatic carbocycles. The minimum Gasteiger partial charge on any atom is -0.493 e. The molecule has 1 aromatic heterocycles. The van der Waals surface area contributed by atoms with E-state index in [9.17, 15) is 0 Å². The summed E-state index contributed by atoms with van der Waals surface area (Å²) in [4.78, 5) is 4.03. The smallest absolute Gasteiger partial charge is 0.166 e. The quantitative estimate of drug-likeness (QED) is 0.630. The number of halogens is 1. The monoisotopic (exact) mass is 368 g/mol. The van der Waals surface area contributed by atoms with Crippen molar-refractivity contribution >= 4 is 11.6 Å². The molecule has 0 saturated carbocycles. The number of ether oxygens (including phenoxy) is 2. The predicted octanol–water partition coefficient (Wildman–Crippen LogP) is 4.61. The maximum atomic E-state index is 6.07. The molecule has 4 nitrogen and oxygen atoms in total. The molecule has 5 heteroatoms. The van der Waals surface area contributed by atoms with Gasteiger partial charge in [0.25, 0.3) is 0 Å². The van der Waals surface area contributed by atoms with Gasteiger partial charge in [0.15, 0.2) is 11.5 Å². The number of nitrogens with one attached hydrogen (secondary N) is 1. The fourth-order valence-electron chi connectivity index (χ4n) is 2.60. The SMILES string of the molecule is COc1cccc(CNCc2ccncc2)c1OCc1ccc(Cl)cc1. The summed E-state index contributed by atoms with van der Waals surface area (Å²) in [7, 11) is 1.65. The molecule has 1 heterocycles. The number of hydrogen-bond donors (Lipinski definition) is 1. The van der Waals surface area contributed by atoms with Crippen LogP contribution < -0.4 is 14.8 Å². The van der Waals surface area contributed by atoms with Crippen molar-refractivity contribution in [3.63, 3.8) is 0 Å². The molecule has 26 heavy (non-hydrogen) atoms. The van der Waals surface area contributed by atoms with Gasteiger partial charge in [-0.15, -0.1) is 0 Å². The van der Waals surface area contributed by atoms with Crippen LogP contribution in [0.15, 0.2) is 67.0 Å². The molecule has 0 aliphatic heterocycles. The largest absolute Gasteiger partial charge is 0.493 e. The highest BCUT2D eigenvalue weighted by Gasteiger charge is 2.11. The molecule has 0 saturated heterocycles. The average Bonchev–Trinajstić information content (AvgIpc) is 2.69. The molecule has 0 aliphatic rings. The van der Waals surface area contributed by atoms with Crippen LogP contribution >= 0.6 is 11.6 Å². The molecule has 0 radical (unpaired) electrons. The Labute approximate surface area is 158 Å². The maximum absolute atomic E-state index is 6.07. The molecular weight excluding hydrogens is 348 g/mol. The molecule has 3 rings (SSSR count). The summed E-state index contributed by atoms with van der Waals surface area (Å²) in [5.41, 5.74) is 3.29. The lowest BCUT2D eigenvalue weighted by atomic mass is 10.1. The van der Waals surface area contributed by atoms with E-state index < -0.39 is 0 Å². The van der Waals surface area contributed by atoms with Gasteiger partial charge < -0.3 is 14.8 Å². The van der Waals surface area contributed by atoms with Crippen molar-refractivity contribution in [3.05, 3.63) is 88.7 Å². The first-order valence-electron chi connectivity index (χ1n) is 8.39. The molecule has 1 N–H and O–H groups in total. The van der Waals surface area contributed by atoms with Crippen LogP contribution in [-0.4, -0.2) is 12.1 Å². The first kappa shape index (κ1) is 18.2. The number of para-hydroxylation sites is 1. The van der Waals surface area contributed by atoms with Gasteiger partial charge in [-0.1, -0.05) is 35.9 Å². The molecule has 0 bridgehead atoms. The van der Waals surface area contributed by atoms with Gasteiger partial charge in [-0.2, -0.15) is 0 Å². The van der Waals surface area contributed by atoms with Gasteiger partial charge in [0, 0.05) is 36.1 Å². The summed E-state index contributed by atoms with van der Waals surface area (Å²) >= 11 is 5.94. The van der Waals surface area contributed by atoms with Crippen molar-refractivity contribution in [3.8, 4) is 11.5 Å². The zero-order valence-electron chi connectivity index (χ0n) is 14.6. The van der Waals surface area contributed by atoms with Crippen LogP contribution in [0, 0.1) is 0 Å². The van der Waals surface area contributed by atoms with Crippen molar-refractivity contribution < 1.29 is 9.47 Å². The average molecular weight is 369 g/mol. The van der Waals surface area contributed by atoms with Crippen molar-refractivity contribution in [1.82, 2.24) is 10.3 Å². The summed E-state index contributed by atoms with van der Waals surface area (Å²) in [5.74, 6) is 1.48. The Morgan fingerprint density at radius 3 is 2.42 bits per heavy atom. The Bertz CT molecular complexity index is 823. The molecule has 134 valence electrons. The van der Waals surface area contributed by atoms with Gasteiger partial charge in [0.05, 0.1) is 7.11 Å². The number of hydrogen-bond acceptors (Lipinski definition) is 4. The van der Waals surface area contributed by atoms with Crippen LogP contribution in [0.5, 0.6) is 11.5 Å². The minimum absolute atomic E-state index is 0.453. The van der Waals surface area contributed by atoms with Crippen molar-refractivity contribution in [2.75, 3.05) is 7.11 Å². The standard InChI is InChI=1S/C21H21ClN2O2/c1-25-20-4-2-3-18(14-24-13-16-9-11-23-12-10-16)21(20)26-15-17-5-7-19(22)8-6-17/h2-12,24H,13-15H2,1H3. The summed E-state index contributed by atoms with van der Waals surface area (Å²) in [6.45, 7) is 1.89. The third-order valence-corrected chi connectivity index (χ3v) is 4.22. The van der Waals surface area contributed by atoms with Gasteiger partial charge in [-0.25, -0.2) is 0 Å². The normalized spacial score (nSPS) is 10.5. The zero-order valence-corrected chi connectivity index (χ0v) is 15.4. The van der Waals surface area contributed by atoms with Crippen LogP contribution in [0.4, 0.5) is 0 Å². The number of benzene rings is 2. The minimum atomic E-state index is 0.453. The van der Waals surface area contributed by atoms with E-state index in [0.29, 0.717) is 18.2 Å². The summed E-state index contributed by atoms with van der Waals surface area (Å²) in [6.07, 6.45) is 3.59. The van der Waals surface area contributed by atoms with Crippen LogP contribution in [0.25, 0.3) is 0 Å². The van der Waals surface area contributed by atoms with Crippen LogP contribution in [-0.2, 0) is 19.7 Å². The Morgan fingerprint density at radius 1 is 0.923 bits per heavy atom. The molecular formula is C21H21ClN2O2. The fraction of sp³-hybridized carbons (Fsp3) is 0.190. The van der Waals surface area contributed by atoms with E-state index in [4.69, 9.17) is 21.1 Å². The van der Waals surface area contributed by atoms with E-state index in [1.54, 1.807) is 19.5 Å². The predicted molar refractivity (Wildman–Crippen MR) is 104 cm³/mol. The lowest BCUT2D eigenvalue weighted by Crippen LogP contribution is -2.14. The van der Waals surface area contributed by atoms with Crippen molar-refractivity contribution in [1.29, 1.82) is 0 Å². The summed E-state index contributed by atoms with van der Waals surface area (Å²) in [6, 6.07) is 17.5. The van der Waals surface area contributed by atoms with E-state index in [0.717, 1.165) is 29.2 Å². The Hall–Kier alpha value is -2.56. The summed E-state index contributed by atoms with van der Waals surface area (Å²) in [5, 5.41) is 4.15. The number of methoxy groups -OCH3 is 1. The van der Waals surface area contributed by atoms with Gasteiger partial charge in [-0.05, 0) is 41.5 Å². The van der Waals surface area contributed by atoms with E-state index in [2.05, 4.69) is 10.3 Å². The molecule has 0 aliphatic carbocycles. The van der Waals surface area contributed by atoms with Crippen LogP contribution in [0.2, 0.25) is 5.02 Å². The van der Waals surface area contributed by atoms with Crippen molar-refractivity contribution in [2.24, 2.45) is 0 Å². The maximum Gasteiger partial charge on any atom is 0.166 e. The lowest BCUT2D eigenvalue weighted by Gasteiger charge is -2.16. The molecule has 0 spiro atoms. The van der Waals surface area contributed by atoms with Gasteiger partial charge in [-0.3, -0.25) is 4.98 Å². The molecule has 0 fully saturated rings. The molecule has 0 unspecified atom stereocenters.